The fraction of sp³-hybridized carbons (Fsp3) is 0.105. The fourth-order valence-electron chi connectivity index (χ4n) is 5.99. The molecule has 0 radical (unpaired) electrons. The summed E-state index contributed by atoms with van der Waals surface area (Å²) in [6.45, 7) is 7.28. The number of hydrogen-bond acceptors (Lipinski definition) is 14. The lowest BCUT2D eigenvalue weighted by Gasteiger charge is -2.14. The van der Waals surface area contributed by atoms with Crippen LogP contribution in [0.5, 0.6) is 0 Å². The second-order valence-electron chi connectivity index (χ2n) is 12.7. The lowest BCUT2D eigenvalue weighted by atomic mass is 10.1. The van der Waals surface area contributed by atoms with Gasteiger partial charge in [-0.25, -0.2) is 14.3 Å². The molecule has 20 nitrogen and oxygen atoms in total. The molecule has 3 aromatic heterocycles. The predicted octanol–water partition coefficient (Wildman–Crippen LogP) is 6.68. The summed E-state index contributed by atoms with van der Waals surface area (Å²) in [6.07, 6.45) is 1.36. The van der Waals surface area contributed by atoms with Crippen LogP contribution in [-0.4, -0.2) is 90.9 Å². The van der Waals surface area contributed by atoms with E-state index >= 15 is 0 Å². The first kappa shape index (κ1) is 40.6. The summed E-state index contributed by atoms with van der Waals surface area (Å²) < 4.78 is 66.7. The molecule has 7 aromatic rings. The lowest BCUT2D eigenvalue weighted by Crippen LogP contribution is -2.19. The van der Waals surface area contributed by atoms with Crippen molar-refractivity contribution in [1.82, 2.24) is 29.3 Å². The van der Waals surface area contributed by atoms with E-state index in [4.69, 9.17) is 20.8 Å². The van der Waals surface area contributed by atoms with Gasteiger partial charge >= 0.3 is 5.97 Å². The molecule has 3 heterocycles. The highest BCUT2D eigenvalue weighted by Gasteiger charge is 2.21. The van der Waals surface area contributed by atoms with Gasteiger partial charge in [-0.05, 0) is 54.6 Å². The monoisotopic (exact) mass is 848 g/mol. The van der Waals surface area contributed by atoms with E-state index in [-0.39, 0.29) is 48.0 Å². The molecular weight excluding hydrogens is 817 g/mol. The summed E-state index contributed by atoms with van der Waals surface area (Å²) in [5, 5.41) is 32.2. The van der Waals surface area contributed by atoms with E-state index in [9.17, 15) is 26.7 Å². The topological polar surface area (TPSA) is 273 Å². The predicted molar refractivity (Wildman–Crippen MR) is 223 cm³/mol. The van der Waals surface area contributed by atoms with E-state index in [2.05, 4.69) is 46.0 Å². The molecule has 0 unspecified atom stereocenters. The molecule has 0 spiro atoms. The van der Waals surface area contributed by atoms with Gasteiger partial charge in [0.05, 0.1) is 46.7 Å². The fourth-order valence-corrected chi connectivity index (χ4v) is 6.71. The summed E-state index contributed by atoms with van der Waals surface area (Å²) in [5.41, 5.74) is 4.71. The van der Waals surface area contributed by atoms with Gasteiger partial charge < -0.3 is 25.6 Å². The van der Waals surface area contributed by atoms with Gasteiger partial charge in [0, 0.05) is 35.4 Å². The van der Waals surface area contributed by atoms with Gasteiger partial charge in [0.1, 0.15) is 5.69 Å². The van der Waals surface area contributed by atoms with Crippen LogP contribution in [0.1, 0.15) is 10.4 Å². The number of nitrogens with zero attached hydrogens (tertiary/aromatic N) is 9. The zero-order chi connectivity index (χ0) is 42.4. The summed E-state index contributed by atoms with van der Waals surface area (Å²) in [5.74, 6) is -2.37. The van der Waals surface area contributed by atoms with Crippen molar-refractivity contribution in [2.24, 2.45) is 10.2 Å². The largest absolute Gasteiger partial charge is 0.478 e. The summed E-state index contributed by atoms with van der Waals surface area (Å²) >= 11 is 0. The number of para-hydroxylation sites is 1. The van der Waals surface area contributed by atoms with Crippen molar-refractivity contribution in [3.05, 3.63) is 126 Å². The maximum atomic E-state index is 11.5. The number of carbonyl (C=O) groups is 1. The summed E-state index contributed by atoms with van der Waals surface area (Å²) in [6, 6.07) is 30.3. The van der Waals surface area contributed by atoms with Crippen LogP contribution in [0.2, 0.25) is 0 Å². The molecule has 0 fully saturated rings. The number of fused-ring (bicyclic) bond motifs is 1. The Morgan fingerprint density at radius 3 is 1.92 bits per heavy atom. The van der Waals surface area contributed by atoms with Crippen molar-refractivity contribution >= 4 is 77.8 Å². The zero-order valence-corrected chi connectivity index (χ0v) is 32.6. The Morgan fingerprint density at radius 2 is 1.32 bits per heavy atom. The molecular formula is C38H32N12O8S2. The van der Waals surface area contributed by atoms with E-state index in [1.165, 1.54) is 23.0 Å². The van der Waals surface area contributed by atoms with Crippen LogP contribution in [-0.2, 0) is 20.2 Å². The summed E-state index contributed by atoms with van der Waals surface area (Å²) in [7, 11) is -8.58. The minimum atomic E-state index is -4.29. The second-order valence-corrected chi connectivity index (χ2v) is 15.9. The molecule has 22 heteroatoms. The van der Waals surface area contributed by atoms with Gasteiger partial charge in [-0.15, -0.1) is 10.2 Å². The van der Waals surface area contributed by atoms with Crippen LogP contribution in [0.4, 0.5) is 40.7 Å². The Labute approximate surface area is 341 Å². The number of benzene rings is 4. The van der Waals surface area contributed by atoms with Crippen molar-refractivity contribution in [3.8, 4) is 22.6 Å². The number of hydrogen-bond donors (Lipinski definition) is 6. The van der Waals surface area contributed by atoms with Crippen molar-refractivity contribution in [3.63, 3.8) is 0 Å². The first-order valence-corrected chi connectivity index (χ1v) is 20.9. The molecule has 0 atom stereocenters. The van der Waals surface area contributed by atoms with Crippen LogP contribution in [0.25, 0.3) is 38.4 Å². The highest BCUT2D eigenvalue weighted by Crippen LogP contribution is 2.44. The number of rotatable bonds is 16. The van der Waals surface area contributed by atoms with E-state index < -0.39 is 37.7 Å². The van der Waals surface area contributed by atoms with E-state index in [1.807, 2.05) is 71.3 Å². The van der Waals surface area contributed by atoms with Crippen LogP contribution >= 0.6 is 0 Å². The average molecular weight is 849 g/mol. The van der Waals surface area contributed by atoms with Crippen LogP contribution in [0, 0.1) is 6.57 Å². The van der Waals surface area contributed by atoms with Gasteiger partial charge in [0.25, 0.3) is 25.9 Å². The molecule has 0 aliphatic heterocycles. The normalized spacial score (nSPS) is 11.8. The first-order valence-electron chi connectivity index (χ1n) is 17.7. The van der Waals surface area contributed by atoms with Crippen LogP contribution in [0.3, 0.4) is 0 Å². The third kappa shape index (κ3) is 9.57. The standard InChI is InChI=1S/C38H32N12O8S2/c1-39-30-23-42-50(28-15-11-25(12-16-28)35(51)52)34(30)48-47-32-29-9-5-6-10-31(29)49(33(32)24-7-3-2-4-8-24)27-17-13-26(14-18-27)43-38-45-36(40-19-21-59(53,54)55)44-37(46-38)41-20-22-60(56,57)58/h2-18,23H,19-22H2,(H,51,52)(H,53,54,55)(H,56,57,58)(H3,40,41,43,44,45,46). The van der Waals surface area contributed by atoms with Crippen molar-refractivity contribution in [2.75, 3.05) is 40.5 Å². The number of nitrogens with one attached hydrogen (secondary N) is 3. The Morgan fingerprint density at radius 1 is 0.733 bits per heavy atom. The highest BCUT2D eigenvalue weighted by molar-refractivity contribution is 7.86. The van der Waals surface area contributed by atoms with Gasteiger partial charge in [0.15, 0.2) is 5.82 Å². The van der Waals surface area contributed by atoms with Crippen molar-refractivity contribution in [1.29, 1.82) is 0 Å². The highest BCUT2D eigenvalue weighted by atomic mass is 32.2. The quantitative estimate of drug-likeness (QED) is 0.0336. The molecule has 0 amide bonds. The maximum Gasteiger partial charge on any atom is 0.335 e. The van der Waals surface area contributed by atoms with Crippen LogP contribution in [0.15, 0.2) is 120 Å². The molecule has 0 saturated heterocycles. The Kier molecular flexibility index (Phi) is 11.6. The van der Waals surface area contributed by atoms with E-state index in [0.717, 1.165) is 22.2 Å². The smallest absolute Gasteiger partial charge is 0.335 e. The third-order valence-corrected chi connectivity index (χ3v) is 10.1. The number of aromatic carboxylic acids is 1. The van der Waals surface area contributed by atoms with Gasteiger partial charge in [-0.1, -0.05) is 48.5 Å². The molecule has 0 aliphatic rings. The SMILES string of the molecule is [C-]#[N+]c1cnn(-c2ccc(C(=O)O)cc2)c1N=Nc1c(-c2ccccc2)n(-c2ccc(Nc3nc(NCCS(=O)(=O)O)nc(NCCS(=O)(=O)O)n3)cc2)c2ccccc12. The molecule has 7 rings (SSSR count). The minimum absolute atomic E-state index is 0.00333. The van der Waals surface area contributed by atoms with Gasteiger partial charge in [-0.2, -0.15) is 36.9 Å². The first-order chi connectivity index (χ1) is 28.8. The summed E-state index contributed by atoms with van der Waals surface area (Å²) in [4.78, 5) is 27.7. The zero-order valence-electron chi connectivity index (χ0n) is 30.9. The molecule has 0 bridgehead atoms. The number of azo groups is 1. The van der Waals surface area contributed by atoms with E-state index in [0.29, 0.717) is 22.8 Å². The molecule has 6 N–H and O–H groups in total. The van der Waals surface area contributed by atoms with E-state index in [1.54, 1.807) is 24.3 Å². The minimum Gasteiger partial charge on any atom is -0.478 e. The Hall–Kier alpha value is -7.58. The number of carboxylic acid groups (broad SMARTS) is 1. The molecule has 304 valence electrons. The van der Waals surface area contributed by atoms with Crippen LogP contribution < -0.4 is 16.0 Å². The number of carboxylic acids is 1. The number of aromatic nitrogens is 6. The molecule has 0 aliphatic carbocycles. The Bertz CT molecular complexity index is 2950. The van der Waals surface area contributed by atoms with Crippen molar-refractivity contribution in [2.45, 2.75) is 0 Å². The second kappa shape index (κ2) is 17.1. The molecule has 60 heavy (non-hydrogen) atoms. The maximum absolute atomic E-state index is 11.5. The molecule has 0 saturated carbocycles. The van der Waals surface area contributed by atoms with Crippen molar-refractivity contribution < 1.29 is 35.8 Å². The molecule has 4 aromatic carbocycles. The number of anilines is 4. The van der Waals surface area contributed by atoms with Gasteiger partial charge in [-0.3, -0.25) is 9.11 Å². The average Bonchev–Trinajstić information content (AvgIpc) is 3.78. The lowest BCUT2D eigenvalue weighted by molar-refractivity contribution is 0.0696. The third-order valence-electron chi connectivity index (χ3n) is 8.65. The Balaban J connectivity index is 1.26. The van der Waals surface area contributed by atoms with Gasteiger partial charge in [0.2, 0.25) is 17.8 Å².